The first-order valence-electron chi connectivity index (χ1n) is 7.53. The number of nitrogens with one attached hydrogen (secondary N) is 1. The van der Waals surface area contributed by atoms with Gasteiger partial charge in [-0.2, -0.15) is 0 Å². The van der Waals surface area contributed by atoms with Crippen LogP contribution in [-0.4, -0.2) is 26.0 Å². The molecule has 1 amide bonds. The van der Waals surface area contributed by atoms with Crippen LogP contribution in [0.3, 0.4) is 0 Å². The van der Waals surface area contributed by atoms with Crippen LogP contribution in [0.1, 0.15) is 60.7 Å². The molecule has 2 rings (SSSR count). The number of unbranched alkanes of at least 4 members (excludes halogenated alkanes) is 1. The summed E-state index contributed by atoms with van der Waals surface area (Å²) in [5.74, 6) is 0.502. The predicted octanol–water partition coefficient (Wildman–Crippen LogP) is 3.19. The highest BCUT2D eigenvalue weighted by Crippen LogP contribution is 2.52. The molecule has 112 valence electrons. The molecule has 1 fully saturated rings. The first-order chi connectivity index (χ1) is 9.63. The number of nitrogen functional groups attached to an aromatic ring is 1. The van der Waals surface area contributed by atoms with E-state index < -0.39 is 0 Å². The third kappa shape index (κ3) is 2.92. The molecule has 3 N–H and O–H groups in total. The summed E-state index contributed by atoms with van der Waals surface area (Å²) in [6, 6.07) is 0. The molecule has 0 unspecified atom stereocenters. The first-order valence-corrected chi connectivity index (χ1v) is 8.34. The molecule has 0 saturated heterocycles. The molecular formula is C15H25N3OS. The highest BCUT2D eigenvalue weighted by Gasteiger charge is 2.34. The number of carbonyl (C=O) groups is 1. The van der Waals surface area contributed by atoms with Gasteiger partial charge in [-0.1, -0.05) is 13.3 Å². The Morgan fingerprint density at radius 1 is 1.45 bits per heavy atom. The maximum absolute atomic E-state index is 12.0. The van der Waals surface area contributed by atoms with Gasteiger partial charge in [0.15, 0.2) is 0 Å². The minimum atomic E-state index is -0.0628. The number of carbonyl (C=O) groups excluding carboxylic acids is 1. The van der Waals surface area contributed by atoms with Gasteiger partial charge in [0.05, 0.1) is 10.7 Å². The van der Waals surface area contributed by atoms with E-state index in [0.717, 1.165) is 13.1 Å². The smallest absolute Gasteiger partial charge is 0.263 e. The summed E-state index contributed by atoms with van der Waals surface area (Å²) in [6.07, 6.45) is 4.75. The number of anilines is 2. The zero-order chi connectivity index (χ0) is 14.7. The van der Waals surface area contributed by atoms with Crippen molar-refractivity contribution in [1.29, 1.82) is 0 Å². The van der Waals surface area contributed by atoms with Crippen molar-refractivity contribution in [3.8, 4) is 0 Å². The van der Waals surface area contributed by atoms with E-state index in [4.69, 9.17) is 5.73 Å². The number of nitrogens with zero attached hydrogens (tertiary/aromatic N) is 1. The third-order valence-corrected chi connectivity index (χ3v) is 5.11. The number of rotatable bonds is 7. The lowest BCUT2D eigenvalue weighted by molar-refractivity contribution is 0.0968. The van der Waals surface area contributed by atoms with Gasteiger partial charge in [-0.25, -0.2) is 0 Å². The van der Waals surface area contributed by atoms with E-state index in [9.17, 15) is 4.79 Å². The fourth-order valence-corrected chi connectivity index (χ4v) is 3.82. The van der Waals surface area contributed by atoms with Crippen LogP contribution in [0.25, 0.3) is 0 Å². The topological polar surface area (TPSA) is 58.4 Å². The Morgan fingerprint density at radius 3 is 2.65 bits per heavy atom. The van der Waals surface area contributed by atoms with Crippen molar-refractivity contribution < 1.29 is 4.79 Å². The summed E-state index contributed by atoms with van der Waals surface area (Å²) < 4.78 is 0. The Hall–Kier alpha value is -1.23. The van der Waals surface area contributed by atoms with Gasteiger partial charge in [-0.3, -0.25) is 4.79 Å². The Kier molecular flexibility index (Phi) is 4.91. The van der Waals surface area contributed by atoms with Gasteiger partial charge in [-0.05, 0) is 32.1 Å². The van der Waals surface area contributed by atoms with Crippen LogP contribution in [-0.2, 0) is 0 Å². The summed E-state index contributed by atoms with van der Waals surface area (Å²) in [6.45, 7) is 6.38. The third-order valence-electron chi connectivity index (χ3n) is 3.83. The number of amides is 1. The standard InChI is InChI=1S/C15H25N3OS/c1-4-6-9-18(5-2)15-11(10-7-8-10)12(16)13(20-15)14(19)17-3/h10H,4-9,16H2,1-3H3,(H,17,19). The number of nitrogens with two attached hydrogens (primary N) is 1. The maximum atomic E-state index is 12.0. The van der Waals surface area contributed by atoms with Crippen molar-refractivity contribution in [2.45, 2.75) is 45.4 Å². The predicted molar refractivity (Wildman–Crippen MR) is 86.9 cm³/mol. The normalized spacial score (nSPS) is 14.3. The van der Waals surface area contributed by atoms with Crippen molar-refractivity contribution in [2.75, 3.05) is 30.8 Å². The van der Waals surface area contributed by atoms with Crippen LogP contribution in [0, 0.1) is 0 Å². The molecule has 1 aliphatic rings. The molecule has 1 saturated carbocycles. The van der Waals surface area contributed by atoms with Crippen molar-refractivity contribution in [1.82, 2.24) is 5.32 Å². The first kappa shape index (κ1) is 15.2. The molecule has 0 bridgehead atoms. The van der Waals surface area contributed by atoms with E-state index in [1.807, 2.05) is 0 Å². The van der Waals surface area contributed by atoms with E-state index in [-0.39, 0.29) is 5.91 Å². The van der Waals surface area contributed by atoms with Crippen LogP contribution in [0.5, 0.6) is 0 Å². The maximum Gasteiger partial charge on any atom is 0.263 e. The Balaban J connectivity index is 2.37. The Morgan fingerprint density at radius 2 is 2.15 bits per heavy atom. The minimum absolute atomic E-state index is 0.0628. The number of hydrogen-bond acceptors (Lipinski definition) is 4. The van der Waals surface area contributed by atoms with E-state index >= 15 is 0 Å². The van der Waals surface area contributed by atoms with Crippen molar-refractivity contribution >= 4 is 27.9 Å². The molecular weight excluding hydrogens is 270 g/mol. The van der Waals surface area contributed by atoms with Crippen molar-refractivity contribution in [3.63, 3.8) is 0 Å². The quantitative estimate of drug-likeness (QED) is 0.812. The molecule has 1 aromatic rings. The lowest BCUT2D eigenvalue weighted by Crippen LogP contribution is -2.23. The van der Waals surface area contributed by atoms with Gasteiger partial charge in [0, 0.05) is 25.7 Å². The molecule has 0 aliphatic heterocycles. The van der Waals surface area contributed by atoms with E-state index in [1.54, 1.807) is 18.4 Å². The van der Waals surface area contributed by atoms with Crippen LogP contribution < -0.4 is 16.0 Å². The van der Waals surface area contributed by atoms with Gasteiger partial charge < -0.3 is 16.0 Å². The van der Waals surface area contributed by atoms with Crippen LogP contribution in [0.2, 0.25) is 0 Å². The lowest BCUT2D eigenvalue weighted by atomic mass is 10.1. The molecule has 1 heterocycles. The highest BCUT2D eigenvalue weighted by atomic mass is 32.1. The second kappa shape index (κ2) is 6.48. The van der Waals surface area contributed by atoms with Crippen molar-refractivity contribution in [3.05, 3.63) is 10.4 Å². The molecule has 1 aromatic heterocycles. The van der Waals surface area contributed by atoms with E-state index in [1.165, 1.54) is 36.2 Å². The number of hydrogen-bond donors (Lipinski definition) is 2. The van der Waals surface area contributed by atoms with Gasteiger partial charge in [-0.15, -0.1) is 11.3 Å². The average molecular weight is 295 g/mol. The molecule has 4 nitrogen and oxygen atoms in total. The summed E-state index contributed by atoms with van der Waals surface area (Å²) in [4.78, 5) is 15.0. The van der Waals surface area contributed by atoms with Crippen LogP contribution >= 0.6 is 11.3 Å². The van der Waals surface area contributed by atoms with Crippen LogP contribution in [0.15, 0.2) is 0 Å². The SMILES string of the molecule is CCCCN(CC)c1sc(C(=O)NC)c(N)c1C1CC1. The number of thiophene rings is 1. The monoisotopic (exact) mass is 295 g/mol. The largest absolute Gasteiger partial charge is 0.397 e. The molecule has 0 spiro atoms. The zero-order valence-corrected chi connectivity index (χ0v) is 13.5. The fraction of sp³-hybridized carbons (Fsp3) is 0.667. The molecule has 0 aromatic carbocycles. The van der Waals surface area contributed by atoms with Gasteiger partial charge in [0.1, 0.15) is 4.88 Å². The molecule has 0 atom stereocenters. The molecule has 5 heteroatoms. The molecule has 0 radical (unpaired) electrons. The highest BCUT2D eigenvalue weighted by molar-refractivity contribution is 7.18. The summed E-state index contributed by atoms with van der Waals surface area (Å²) >= 11 is 1.56. The van der Waals surface area contributed by atoms with E-state index in [0.29, 0.717) is 16.5 Å². The second-order valence-corrected chi connectivity index (χ2v) is 6.35. The summed E-state index contributed by atoms with van der Waals surface area (Å²) in [5.41, 5.74) is 8.20. The van der Waals surface area contributed by atoms with Crippen molar-refractivity contribution in [2.24, 2.45) is 0 Å². The lowest BCUT2D eigenvalue weighted by Gasteiger charge is -2.22. The average Bonchev–Trinajstić information content (AvgIpc) is 3.23. The van der Waals surface area contributed by atoms with E-state index in [2.05, 4.69) is 24.1 Å². The van der Waals surface area contributed by atoms with Gasteiger partial charge >= 0.3 is 0 Å². The molecule has 20 heavy (non-hydrogen) atoms. The summed E-state index contributed by atoms with van der Waals surface area (Å²) in [5, 5.41) is 3.92. The minimum Gasteiger partial charge on any atom is -0.397 e. The molecule has 1 aliphatic carbocycles. The van der Waals surface area contributed by atoms with Crippen LogP contribution in [0.4, 0.5) is 10.7 Å². The second-order valence-electron chi connectivity index (χ2n) is 5.35. The summed E-state index contributed by atoms with van der Waals surface area (Å²) in [7, 11) is 1.66. The van der Waals surface area contributed by atoms with Gasteiger partial charge in [0.25, 0.3) is 5.91 Å². The Labute approximate surface area is 125 Å². The zero-order valence-electron chi connectivity index (χ0n) is 12.7. The Bertz CT molecular complexity index is 480. The van der Waals surface area contributed by atoms with Gasteiger partial charge in [0.2, 0.25) is 0 Å². The fourth-order valence-electron chi connectivity index (χ4n) is 2.48.